The molecule has 1 saturated heterocycles. The van der Waals surface area contributed by atoms with Crippen LogP contribution in [0.25, 0.3) is 5.69 Å². The summed E-state index contributed by atoms with van der Waals surface area (Å²) in [5.74, 6) is 1.79. The van der Waals surface area contributed by atoms with Gasteiger partial charge in [-0.3, -0.25) is 9.69 Å². The molecule has 1 atom stereocenters. The number of hydrogen-bond acceptors (Lipinski definition) is 6. The van der Waals surface area contributed by atoms with Crippen molar-refractivity contribution in [3.8, 4) is 17.2 Å². The smallest absolute Gasteiger partial charge is 0.269 e. The van der Waals surface area contributed by atoms with Gasteiger partial charge in [-0.25, -0.2) is 4.68 Å². The number of nitrogens with one attached hydrogen (secondary N) is 2. The first-order valence-electron chi connectivity index (χ1n) is 12.2. The summed E-state index contributed by atoms with van der Waals surface area (Å²) < 4.78 is 7.89. The van der Waals surface area contributed by atoms with Gasteiger partial charge in [-0.2, -0.15) is 5.10 Å². The lowest BCUT2D eigenvalue weighted by Gasteiger charge is -2.36. The Morgan fingerprint density at radius 1 is 1.00 bits per heavy atom. The standard InChI is InChI=1S/C26H30N6O2/c27-26(33)25-24-23(21(11-12-29-24)31-15-13-28-14-16-31)30-32(25)18-7-9-19(10-8-18)34-22-4-2-1-3-20(22)17-5-6-17/h1-4,7-10,17,21,28-29H,5-6,11-16H2,(H2,27,33)/t21-/m1/s1. The SMILES string of the molecule is NC(=O)c1c2c(nn1-c1ccc(Oc3ccccc3C3CC3)cc1)[C@H](N1CCNCC1)CCN2. The molecule has 1 aliphatic carbocycles. The van der Waals surface area contributed by atoms with Gasteiger partial charge >= 0.3 is 0 Å². The van der Waals surface area contributed by atoms with Crippen LogP contribution in [0.4, 0.5) is 5.69 Å². The third-order valence-corrected chi connectivity index (χ3v) is 7.02. The molecular formula is C26H30N6O2. The number of anilines is 1. The second kappa shape index (κ2) is 8.77. The highest BCUT2D eigenvalue weighted by atomic mass is 16.5. The second-order valence-corrected chi connectivity index (χ2v) is 9.31. The molecule has 1 amide bonds. The number of para-hydroxylation sites is 1. The Bertz CT molecular complexity index is 1190. The van der Waals surface area contributed by atoms with E-state index in [1.807, 2.05) is 36.4 Å². The molecule has 176 valence electrons. The van der Waals surface area contributed by atoms with Crippen molar-refractivity contribution < 1.29 is 9.53 Å². The summed E-state index contributed by atoms with van der Waals surface area (Å²) in [6, 6.07) is 16.1. The lowest BCUT2D eigenvalue weighted by Crippen LogP contribution is -2.46. The number of benzene rings is 2. The summed E-state index contributed by atoms with van der Waals surface area (Å²) in [5.41, 5.74) is 9.97. The molecule has 34 heavy (non-hydrogen) atoms. The number of aromatic nitrogens is 2. The van der Waals surface area contributed by atoms with E-state index in [0.717, 1.165) is 67.7 Å². The van der Waals surface area contributed by atoms with Crippen molar-refractivity contribution in [1.82, 2.24) is 20.0 Å². The molecule has 3 aromatic rings. The first kappa shape index (κ1) is 21.2. The Morgan fingerprint density at radius 2 is 1.76 bits per heavy atom. The average Bonchev–Trinajstić information content (AvgIpc) is 3.64. The lowest BCUT2D eigenvalue weighted by molar-refractivity contribution is 0.0993. The normalized spacial score (nSPS) is 20.4. The summed E-state index contributed by atoms with van der Waals surface area (Å²) in [6.45, 7) is 4.66. The van der Waals surface area contributed by atoms with Crippen molar-refractivity contribution in [2.24, 2.45) is 5.73 Å². The molecule has 0 radical (unpaired) electrons. The van der Waals surface area contributed by atoms with Gasteiger partial charge < -0.3 is 21.1 Å². The van der Waals surface area contributed by atoms with Gasteiger partial charge in [-0.1, -0.05) is 18.2 Å². The summed E-state index contributed by atoms with van der Waals surface area (Å²) in [7, 11) is 0. The predicted molar refractivity (Wildman–Crippen MR) is 131 cm³/mol. The van der Waals surface area contributed by atoms with E-state index >= 15 is 0 Å². The Labute approximate surface area is 199 Å². The topological polar surface area (TPSA) is 97.4 Å². The summed E-state index contributed by atoms with van der Waals surface area (Å²) in [6.07, 6.45) is 3.40. The third kappa shape index (κ3) is 3.93. The van der Waals surface area contributed by atoms with Crippen LogP contribution in [0.1, 0.15) is 53.0 Å². The van der Waals surface area contributed by atoms with Crippen molar-refractivity contribution in [2.75, 3.05) is 38.0 Å². The quantitative estimate of drug-likeness (QED) is 0.524. The Morgan fingerprint density at radius 3 is 2.50 bits per heavy atom. The van der Waals surface area contributed by atoms with Crippen LogP contribution in [0, 0.1) is 0 Å². The van der Waals surface area contributed by atoms with Crippen LogP contribution in [-0.2, 0) is 0 Å². The highest BCUT2D eigenvalue weighted by Crippen LogP contribution is 2.45. The lowest BCUT2D eigenvalue weighted by atomic mass is 10.0. The fraction of sp³-hybridized carbons (Fsp3) is 0.385. The monoisotopic (exact) mass is 458 g/mol. The Balaban J connectivity index is 1.31. The second-order valence-electron chi connectivity index (χ2n) is 9.31. The number of primary amides is 1. The highest BCUT2D eigenvalue weighted by molar-refractivity contribution is 5.98. The van der Waals surface area contributed by atoms with Gasteiger partial charge in [0.05, 0.1) is 17.4 Å². The molecule has 8 heteroatoms. The number of hydrogen-bond donors (Lipinski definition) is 3. The van der Waals surface area contributed by atoms with Crippen molar-refractivity contribution >= 4 is 11.6 Å². The maximum atomic E-state index is 12.5. The number of ether oxygens (including phenoxy) is 1. The number of amides is 1. The number of carbonyl (C=O) groups excluding carboxylic acids is 1. The first-order chi connectivity index (χ1) is 16.7. The summed E-state index contributed by atoms with van der Waals surface area (Å²) in [5, 5.41) is 11.7. The van der Waals surface area contributed by atoms with Crippen LogP contribution in [0.3, 0.4) is 0 Å². The highest BCUT2D eigenvalue weighted by Gasteiger charge is 2.34. The molecule has 2 aromatic carbocycles. The molecule has 6 rings (SSSR count). The van der Waals surface area contributed by atoms with Crippen LogP contribution in [0.5, 0.6) is 11.5 Å². The zero-order valence-corrected chi connectivity index (χ0v) is 19.2. The minimum atomic E-state index is -0.485. The number of rotatable bonds is 6. The fourth-order valence-electron chi connectivity index (χ4n) is 5.16. The Kier molecular flexibility index (Phi) is 5.47. The largest absolute Gasteiger partial charge is 0.457 e. The van der Waals surface area contributed by atoms with E-state index in [1.165, 1.54) is 18.4 Å². The minimum Gasteiger partial charge on any atom is -0.457 e. The number of nitrogens with two attached hydrogens (primary N) is 1. The molecule has 1 aromatic heterocycles. The third-order valence-electron chi connectivity index (χ3n) is 7.02. The van der Waals surface area contributed by atoms with E-state index in [2.05, 4.69) is 27.7 Å². The molecule has 0 bridgehead atoms. The molecule has 8 nitrogen and oxygen atoms in total. The predicted octanol–water partition coefficient (Wildman–Crippen LogP) is 3.40. The molecule has 3 heterocycles. The number of carbonyl (C=O) groups is 1. The fourth-order valence-corrected chi connectivity index (χ4v) is 5.16. The van der Waals surface area contributed by atoms with E-state index in [1.54, 1.807) is 4.68 Å². The van der Waals surface area contributed by atoms with E-state index in [-0.39, 0.29) is 6.04 Å². The van der Waals surface area contributed by atoms with Crippen LogP contribution in [-0.4, -0.2) is 53.3 Å². The summed E-state index contributed by atoms with van der Waals surface area (Å²) >= 11 is 0. The van der Waals surface area contributed by atoms with Crippen LogP contribution < -0.4 is 21.1 Å². The molecule has 2 aliphatic heterocycles. The van der Waals surface area contributed by atoms with Crippen molar-refractivity contribution in [3.63, 3.8) is 0 Å². The van der Waals surface area contributed by atoms with Crippen LogP contribution in [0.2, 0.25) is 0 Å². The van der Waals surface area contributed by atoms with Gasteiger partial charge in [0.15, 0.2) is 5.69 Å². The maximum absolute atomic E-state index is 12.5. The molecule has 0 unspecified atom stereocenters. The maximum Gasteiger partial charge on any atom is 0.269 e. The van der Waals surface area contributed by atoms with E-state index in [4.69, 9.17) is 15.6 Å². The molecule has 1 saturated carbocycles. The van der Waals surface area contributed by atoms with E-state index < -0.39 is 5.91 Å². The molecule has 4 N–H and O–H groups in total. The molecule has 0 spiro atoms. The van der Waals surface area contributed by atoms with Gasteiger partial charge in [0.25, 0.3) is 5.91 Å². The molecular weight excluding hydrogens is 428 g/mol. The first-order valence-corrected chi connectivity index (χ1v) is 12.2. The van der Waals surface area contributed by atoms with Gasteiger partial charge in [-0.05, 0) is 61.1 Å². The van der Waals surface area contributed by atoms with E-state index in [9.17, 15) is 4.79 Å². The van der Waals surface area contributed by atoms with Gasteiger partial charge in [0.1, 0.15) is 17.2 Å². The number of nitrogens with zero attached hydrogens (tertiary/aromatic N) is 3. The molecule has 3 aliphatic rings. The van der Waals surface area contributed by atoms with Crippen molar-refractivity contribution in [1.29, 1.82) is 0 Å². The molecule has 2 fully saturated rings. The van der Waals surface area contributed by atoms with Gasteiger partial charge in [-0.15, -0.1) is 0 Å². The van der Waals surface area contributed by atoms with Crippen molar-refractivity contribution in [3.05, 3.63) is 65.5 Å². The zero-order valence-electron chi connectivity index (χ0n) is 19.2. The zero-order chi connectivity index (χ0) is 23.1. The average molecular weight is 459 g/mol. The number of piperazine rings is 1. The minimum absolute atomic E-state index is 0.180. The van der Waals surface area contributed by atoms with Crippen LogP contribution >= 0.6 is 0 Å². The van der Waals surface area contributed by atoms with E-state index in [0.29, 0.717) is 11.6 Å². The van der Waals surface area contributed by atoms with Gasteiger partial charge in [0, 0.05) is 32.7 Å². The Hall–Kier alpha value is -3.36. The van der Waals surface area contributed by atoms with Crippen molar-refractivity contribution in [2.45, 2.75) is 31.2 Å². The number of fused-ring (bicyclic) bond motifs is 1. The van der Waals surface area contributed by atoms with Gasteiger partial charge in [0.2, 0.25) is 0 Å². The van der Waals surface area contributed by atoms with Crippen LogP contribution in [0.15, 0.2) is 48.5 Å². The summed E-state index contributed by atoms with van der Waals surface area (Å²) in [4.78, 5) is 15.0.